The van der Waals surface area contributed by atoms with Gasteiger partial charge in [0.05, 0.1) is 0 Å². The smallest absolute Gasteiger partial charge is 0.0386 e. The number of hydrogen-bond acceptors (Lipinski definition) is 4. The highest BCUT2D eigenvalue weighted by molar-refractivity contribution is 7.10. The Morgan fingerprint density at radius 2 is 1.95 bits per heavy atom. The van der Waals surface area contributed by atoms with E-state index in [9.17, 15) is 0 Å². The fraction of sp³-hybridized carbons (Fsp3) is 0.750. The summed E-state index contributed by atoms with van der Waals surface area (Å²) >= 11 is 1.84. The van der Waals surface area contributed by atoms with Gasteiger partial charge >= 0.3 is 0 Å². The average molecular weight is 295 g/mol. The highest BCUT2D eigenvalue weighted by atomic mass is 32.1. The Kier molecular flexibility index (Phi) is 5.61. The van der Waals surface area contributed by atoms with Crippen molar-refractivity contribution in [2.24, 2.45) is 0 Å². The molecule has 0 amide bonds. The number of piperazine rings is 1. The van der Waals surface area contributed by atoms with E-state index in [1.165, 1.54) is 31.1 Å². The topological polar surface area (TPSA) is 18.5 Å². The first-order valence-electron chi connectivity index (χ1n) is 7.71. The van der Waals surface area contributed by atoms with Crippen molar-refractivity contribution in [3.8, 4) is 0 Å². The molecule has 0 bridgehead atoms. The lowest BCUT2D eigenvalue weighted by Crippen LogP contribution is -2.54. The quantitative estimate of drug-likeness (QED) is 0.901. The van der Waals surface area contributed by atoms with E-state index in [-0.39, 0.29) is 0 Å². The molecule has 1 atom stereocenters. The third kappa shape index (κ3) is 4.55. The summed E-state index contributed by atoms with van der Waals surface area (Å²) in [5, 5.41) is 5.78. The van der Waals surface area contributed by atoms with Crippen LogP contribution in [-0.2, 0) is 0 Å². The fourth-order valence-electron chi connectivity index (χ4n) is 2.72. The lowest BCUT2D eigenvalue weighted by atomic mass is 10.1. The molecule has 1 N–H and O–H groups in total. The maximum Gasteiger partial charge on any atom is 0.0386 e. The van der Waals surface area contributed by atoms with Gasteiger partial charge in [0.1, 0.15) is 0 Å². The summed E-state index contributed by atoms with van der Waals surface area (Å²) in [6.07, 6.45) is 0. The van der Waals surface area contributed by atoms with Crippen LogP contribution in [0.15, 0.2) is 17.5 Å². The molecule has 2 rings (SSSR count). The molecule has 0 aromatic carbocycles. The molecule has 1 aromatic rings. The minimum absolute atomic E-state index is 0.317. The van der Waals surface area contributed by atoms with Crippen LogP contribution < -0.4 is 5.32 Å². The van der Waals surface area contributed by atoms with E-state index in [0.717, 1.165) is 13.1 Å². The maximum absolute atomic E-state index is 3.63. The minimum atomic E-state index is 0.317. The summed E-state index contributed by atoms with van der Waals surface area (Å²) in [4.78, 5) is 6.60. The first-order chi connectivity index (χ1) is 9.47. The first kappa shape index (κ1) is 16.0. The normalized spacial score (nSPS) is 20.2. The second kappa shape index (κ2) is 7.03. The molecule has 0 saturated carbocycles. The van der Waals surface area contributed by atoms with E-state index < -0.39 is 0 Å². The average Bonchev–Trinajstić information content (AvgIpc) is 2.92. The van der Waals surface area contributed by atoms with Crippen molar-refractivity contribution in [3.05, 3.63) is 22.4 Å². The van der Waals surface area contributed by atoms with E-state index in [4.69, 9.17) is 0 Å². The van der Waals surface area contributed by atoms with Crippen molar-refractivity contribution in [3.63, 3.8) is 0 Å². The molecule has 1 aromatic heterocycles. The molecular formula is C16H29N3S. The third-order valence-corrected chi connectivity index (χ3v) is 5.22. The number of nitrogens with zero attached hydrogens (tertiary/aromatic N) is 2. The van der Waals surface area contributed by atoms with E-state index in [1.54, 1.807) is 0 Å². The van der Waals surface area contributed by atoms with Crippen LogP contribution in [0.4, 0.5) is 0 Å². The van der Waals surface area contributed by atoms with Gasteiger partial charge in [-0.05, 0) is 39.1 Å². The fourth-order valence-corrected chi connectivity index (χ4v) is 3.48. The molecule has 1 saturated heterocycles. The molecule has 1 aliphatic rings. The Balaban J connectivity index is 1.64. The van der Waals surface area contributed by atoms with Crippen LogP contribution in [0, 0.1) is 0 Å². The molecule has 114 valence electrons. The van der Waals surface area contributed by atoms with E-state index in [1.807, 2.05) is 11.3 Å². The van der Waals surface area contributed by atoms with Crippen molar-refractivity contribution in [1.29, 1.82) is 0 Å². The summed E-state index contributed by atoms with van der Waals surface area (Å²) < 4.78 is 0. The van der Waals surface area contributed by atoms with Crippen molar-refractivity contribution in [2.45, 2.75) is 39.3 Å². The third-order valence-electron chi connectivity index (χ3n) is 4.17. The number of nitrogens with one attached hydrogen (secondary N) is 1. The van der Waals surface area contributed by atoms with Crippen LogP contribution in [0.3, 0.4) is 0 Å². The summed E-state index contributed by atoms with van der Waals surface area (Å²) in [6.45, 7) is 16.2. The van der Waals surface area contributed by atoms with Gasteiger partial charge in [-0.2, -0.15) is 0 Å². The Morgan fingerprint density at radius 1 is 1.25 bits per heavy atom. The van der Waals surface area contributed by atoms with Crippen LogP contribution in [0.5, 0.6) is 0 Å². The largest absolute Gasteiger partial charge is 0.308 e. The van der Waals surface area contributed by atoms with Crippen LogP contribution in [0.1, 0.15) is 38.6 Å². The van der Waals surface area contributed by atoms with Gasteiger partial charge in [-0.25, -0.2) is 0 Å². The lowest BCUT2D eigenvalue weighted by Gasteiger charge is -2.42. The van der Waals surface area contributed by atoms with Gasteiger partial charge < -0.3 is 5.32 Å². The molecule has 0 spiro atoms. The molecule has 3 nitrogen and oxygen atoms in total. The molecule has 1 fully saturated rings. The van der Waals surface area contributed by atoms with E-state index >= 15 is 0 Å². The lowest BCUT2D eigenvalue weighted by molar-refractivity contribution is 0.0626. The summed E-state index contributed by atoms with van der Waals surface area (Å²) in [5.74, 6) is 0. The highest BCUT2D eigenvalue weighted by Gasteiger charge is 2.25. The Morgan fingerprint density at radius 3 is 2.50 bits per heavy atom. The zero-order chi connectivity index (χ0) is 14.6. The predicted octanol–water partition coefficient (Wildman–Crippen LogP) is 2.81. The van der Waals surface area contributed by atoms with Crippen LogP contribution >= 0.6 is 11.3 Å². The Hall–Kier alpha value is -0.420. The SMILES string of the molecule is CC(NCCN1CCN(C(C)(C)C)CC1)c1cccs1. The predicted molar refractivity (Wildman–Crippen MR) is 88.5 cm³/mol. The van der Waals surface area contributed by atoms with Crippen LogP contribution in [0.2, 0.25) is 0 Å². The molecule has 0 aliphatic carbocycles. The molecule has 4 heteroatoms. The zero-order valence-corrected chi connectivity index (χ0v) is 14.2. The van der Waals surface area contributed by atoms with Crippen molar-refractivity contribution < 1.29 is 0 Å². The van der Waals surface area contributed by atoms with Gasteiger partial charge in [-0.15, -0.1) is 11.3 Å². The minimum Gasteiger partial charge on any atom is -0.308 e. The molecule has 0 radical (unpaired) electrons. The van der Waals surface area contributed by atoms with Gasteiger partial charge in [-0.1, -0.05) is 6.07 Å². The second-order valence-electron chi connectivity index (χ2n) is 6.69. The van der Waals surface area contributed by atoms with Gasteiger partial charge in [-0.3, -0.25) is 9.80 Å². The molecule has 1 aliphatic heterocycles. The summed E-state index contributed by atoms with van der Waals surface area (Å²) in [7, 11) is 0. The van der Waals surface area contributed by atoms with Gasteiger partial charge in [0.15, 0.2) is 0 Å². The van der Waals surface area contributed by atoms with Crippen molar-refractivity contribution in [1.82, 2.24) is 15.1 Å². The first-order valence-corrected chi connectivity index (χ1v) is 8.59. The van der Waals surface area contributed by atoms with Crippen LogP contribution in [-0.4, -0.2) is 54.6 Å². The Bertz CT molecular complexity index is 375. The van der Waals surface area contributed by atoms with Crippen molar-refractivity contribution >= 4 is 11.3 Å². The Labute approximate surface area is 128 Å². The highest BCUT2D eigenvalue weighted by Crippen LogP contribution is 2.18. The van der Waals surface area contributed by atoms with Crippen LogP contribution in [0.25, 0.3) is 0 Å². The maximum atomic E-state index is 3.63. The standard InChI is InChI=1S/C16H29N3S/c1-14(15-6-5-13-20-15)17-7-8-18-9-11-19(12-10-18)16(2,3)4/h5-6,13-14,17H,7-12H2,1-4H3. The second-order valence-corrected chi connectivity index (χ2v) is 7.67. The summed E-state index contributed by atoms with van der Waals surface area (Å²) in [6, 6.07) is 4.82. The van der Waals surface area contributed by atoms with Crippen molar-refractivity contribution in [2.75, 3.05) is 39.3 Å². The summed E-state index contributed by atoms with van der Waals surface area (Å²) in [5.41, 5.74) is 0.317. The number of hydrogen-bond donors (Lipinski definition) is 1. The number of rotatable bonds is 5. The molecular weight excluding hydrogens is 266 g/mol. The van der Waals surface area contributed by atoms with Gasteiger partial charge in [0.2, 0.25) is 0 Å². The monoisotopic (exact) mass is 295 g/mol. The van der Waals surface area contributed by atoms with E-state index in [2.05, 4.69) is 60.3 Å². The van der Waals surface area contributed by atoms with E-state index in [0.29, 0.717) is 11.6 Å². The zero-order valence-electron chi connectivity index (χ0n) is 13.4. The molecule has 1 unspecified atom stereocenters. The number of thiophene rings is 1. The van der Waals surface area contributed by atoms with Gasteiger partial charge in [0.25, 0.3) is 0 Å². The molecule has 20 heavy (non-hydrogen) atoms. The molecule has 2 heterocycles. The van der Waals surface area contributed by atoms with Gasteiger partial charge in [0, 0.05) is 55.7 Å².